The molecule has 30 heavy (non-hydrogen) atoms. The maximum absolute atomic E-state index is 13.7. The van der Waals surface area contributed by atoms with Gasteiger partial charge >= 0.3 is 0 Å². The molecular weight excluding hydrogens is 433 g/mol. The molecule has 4 aromatic rings. The van der Waals surface area contributed by atoms with E-state index in [2.05, 4.69) is 15.1 Å². The highest BCUT2D eigenvalue weighted by Crippen LogP contribution is 2.34. The van der Waals surface area contributed by atoms with Crippen molar-refractivity contribution in [2.75, 3.05) is 19.1 Å². The largest absolute Gasteiger partial charge is 0.497 e. The normalized spacial score (nSPS) is 11.7. The summed E-state index contributed by atoms with van der Waals surface area (Å²) in [7, 11) is -2.21. The number of anilines is 1. The SMILES string of the molecule is COc1ccc(-n2nc3nc(S(C)(=O)=O)nc(-c4ccc(F)c(Cl)c4)c3c2N)cc1. The molecule has 8 nitrogen and oxygen atoms in total. The van der Waals surface area contributed by atoms with Gasteiger partial charge in [0.25, 0.3) is 0 Å². The number of hydrogen-bond acceptors (Lipinski definition) is 7. The van der Waals surface area contributed by atoms with Crippen molar-refractivity contribution < 1.29 is 17.5 Å². The van der Waals surface area contributed by atoms with E-state index in [-0.39, 0.29) is 22.2 Å². The topological polar surface area (TPSA) is 113 Å². The zero-order chi connectivity index (χ0) is 21.6. The summed E-state index contributed by atoms with van der Waals surface area (Å²) in [6, 6.07) is 10.9. The minimum atomic E-state index is -3.76. The number of nitrogens with two attached hydrogens (primary N) is 1. The van der Waals surface area contributed by atoms with E-state index < -0.39 is 20.8 Å². The molecule has 0 atom stereocenters. The molecule has 0 saturated carbocycles. The van der Waals surface area contributed by atoms with Gasteiger partial charge in [-0.1, -0.05) is 11.6 Å². The number of rotatable bonds is 4. The van der Waals surface area contributed by atoms with Gasteiger partial charge in [-0.25, -0.2) is 22.5 Å². The number of ether oxygens (including phenoxy) is 1. The Kier molecular flexibility index (Phi) is 4.83. The van der Waals surface area contributed by atoms with E-state index in [0.717, 1.165) is 12.3 Å². The molecule has 154 valence electrons. The molecule has 2 heterocycles. The van der Waals surface area contributed by atoms with Crippen LogP contribution in [0.1, 0.15) is 0 Å². The zero-order valence-electron chi connectivity index (χ0n) is 15.8. The first-order valence-electron chi connectivity index (χ1n) is 8.55. The highest BCUT2D eigenvalue weighted by Gasteiger charge is 2.23. The fraction of sp³-hybridized carbons (Fsp3) is 0.105. The maximum atomic E-state index is 13.7. The quantitative estimate of drug-likeness (QED) is 0.477. The predicted octanol–water partition coefficient (Wildman–Crippen LogP) is 3.27. The van der Waals surface area contributed by atoms with Crippen LogP contribution < -0.4 is 10.5 Å². The standard InChI is InChI=1S/C19H15ClFN5O3S/c1-29-12-6-4-11(5-7-12)26-17(22)15-16(10-3-8-14(21)13(20)9-10)23-19(30(2,27)28)24-18(15)25-26/h3-9H,22H2,1-2H3. The van der Waals surface area contributed by atoms with Gasteiger partial charge in [0.15, 0.2) is 5.65 Å². The van der Waals surface area contributed by atoms with Crippen LogP contribution in [-0.4, -0.2) is 41.5 Å². The molecule has 0 saturated heterocycles. The van der Waals surface area contributed by atoms with Crippen LogP contribution in [0.25, 0.3) is 28.0 Å². The summed E-state index contributed by atoms with van der Waals surface area (Å²) in [5, 5.41) is 4.12. The smallest absolute Gasteiger partial charge is 0.249 e. The maximum Gasteiger partial charge on any atom is 0.249 e. The first-order valence-corrected chi connectivity index (χ1v) is 10.8. The molecule has 0 aliphatic carbocycles. The van der Waals surface area contributed by atoms with Crippen molar-refractivity contribution in [2.45, 2.75) is 5.16 Å². The van der Waals surface area contributed by atoms with Gasteiger partial charge in [0.1, 0.15) is 17.4 Å². The molecule has 0 aliphatic rings. The summed E-state index contributed by atoms with van der Waals surface area (Å²) in [5.74, 6) is 0.219. The van der Waals surface area contributed by atoms with Gasteiger partial charge in [-0.15, -0.1) is 5.10 Å². The molecule has 2 aromatic heterocycles. The van der Waals surface area contributed by atoms with Gasteiger partial charge in [-0.2, -0.15) is 4.98 Å². The number of sulfone groups is 1. The molecule has 0 unspecified atom stereocenters. The van der Waals surface area contributed by atoms with E-state index in [0.29, 0.717) is 22.4 Å². The van der Waals surface area contributed by atoms with Gasteiger partial charge in [0.05, 0.1) is 28.9 Å². The second-order valence-corrected chi connectivity index (χ2v) is 8.77. The number of hydrogen-bond donors (Lipinski definition) is 1. The van der Waals surface area contributed by atoms with Crippen LogP contribution in [0, 0.1) is 5.82 Å². The van der Waals surface area contributed by atoms with E-state index >= 15 is 0 Å². The number of aromatic nitrogens is 4. The van der Waals surface area contributed by atoms with Crippen LogP contribution >= 0.6 is 11.6 Å². The van der Waals surface area contributed by atoms with Crippen molar-refractivity contribution in [3.05, 3.63) is 53.3 Å². The number of nitrogens with zero attached hydrogens (tertiary/aromatic N) is 4. The highest BCUT2D eigenvalue weighted by atomic mass is 35.5. The second kappa shape index (κ2) is 7.22. The number of methoxy groups -OCH3 is 1. The van der Waals surface area contributed by atoms with Crippen molar-refractivity contribution in [3.8, 4) is 22.7 Å². The molecule has 11 heteroatoms. The van der Waals surface area contributed by atoms with Gasteiger partial charge in [0.2, 0.25) is 15.0 Å². The Labute approximate surface area is 176 Å². The van der Waals surface area contributed by atoms with E-state index in [9.17, 15) is 12.8 Å². The summed E-state index contributed by atoms with van der Waals surface area (Å²) < 4.78 is 44.5. The summed E-state index contributed by atoms with van der Waals surface area (Å²) >= 11 is 5.91. The Bertz CT molecular complexity index is 1390. The Morgan fingerprint density at radius 3 is 2.43 bits per heavy atom. The summed E-state index contributed by atoms with van der Waals surface area (Å²) in [5.41, 5.74) is 7.58. The van der Waals surface area contributed by atoms with Gasteiger partial charge in [-0.05, 0) is 42.5 Å². The number of benzene rings is 2. The highest BCUT2D eigenvalue weighted by molar-refractivity contribution is 7.90. The van der Waals surface area contributed by atoms with Crippen LogP contribution in [0.4, 0.5) is 10.2 Å². The van der Waals surface area contributed by atoms with Crippen LogP contribution in [0.3, 0.4) is 0 Å². The van der Waals surface area contributed by atoms with Gasteiger partial charge in [0, 0.05) is 11.8 Å². The predicted molar refractivity (Wildman–Crippen MR) is 111 cm³/mol. The Morgan fingerprint density at radius 2 is 1.83 bits per heavy atom. The van der Waals surface area contributed by atoms with Crippen LogP contribution in [0.5, 0.6) is 5.75 Å². The van der Waals surface area contributed by atoms with Crippen molar-refractivity contribution >= 4 is 38.3 Å². The molecule has 0 bridgehead atoms. The molecule has 2 N–H and O–H groups in total. The molecule has 0 aliphatic heterocycles. The van der Waals surface area contributed by atoms with Crippen molar-refractivity contribution in [3.63, 3.8) is 0 Å². The summed E-state index contributed by atoms with van der Waals surface area (Å²) in [6.45, 7) is 0. The first-order chi connectivity index (χ1) is 14.2. The third-order valence-corrected chi connectivity index (χ3v) is 5.53. The molecule has 2 aromatic carbocycles. The molecule has 0 radical (unpaired) electrons. The Balaban J connectivity index is 2.03. The van der Waals surface area contributed by atoms with Crippen LogP contribution in [0.15, 0.2) is 47.6 Å². The number of nitrogen functional groups attached to an aromatic ring is 1. The molecule has 0 spiro atoms. The van der Waals surface area contributed by atoms with Gasteiger partial charge in [-0.3, -0.25) is 0 Å². The van der Waals surface area contributed by atoms with Crippen molar-refractivity contribution in [1.82, 2.24) is 19.7 Å². The number of halogens is 2. The fourth-order valence-corrected chi connectivity index (χ4v) is 3.62. The lowest BCUT2D eigenvalue weighted by molar-refractivity contribution is 0.414. The molecule has 0 amide bonds. The lowest BCUT2D eigenvalue weighted by Gasteiger charge is -2.07. The molecule has 4 rings (SSSR count). The van der Waals surface area contributed by atoms with Crippen molar-refractivity contribution in [1.29, 1.82) is 0 Å². The summed E-state index contributed by atoms with van der Waals surface area (Å²) in [4.78, 5) is 8.25. The molecule has 0 fully saturated rings. The fourth-order valence-electron chi connectivity index (χ4n) is 2.93. The first kappa shape index (κ1) is 20.0. The average molecular weight is 448 g/mol. The zero-order valence-corrected chi connectivity index (χ0v) is 17.4. The van der Waals surface area contributed by atoms with Crippen LogP contribution in [0.2, 0.25) is 5.02 Å². The average Bonchev–Trinajstić information content (AvgIpc) is 3.05. The second-order valence-electron chi connectivity index (χ2n) is 6.45. The van der Waals surface area contributed by atoms with Gasteiger partial charge < -0.3 is 10.5 Å². The third-order valence-electron chi connectivity index (χ3n) is 4.39. The third kappa shape index (κ3) is 3.44. The lowest BCUT2D eigenvalue weighted by atomic mass is 10.1. The minimum absolute atomic E-state index is 0.0780. The van der Waals surface area contributed by atoms with E-state index in [4.69, 9.17) is 22.1 Å². The number of fused-ring (bicyclic) bond motifs is 1. The van der Waals surface area contributed by atoms with Crippen molar-refractivity contribution in [2.24, 2.45) is 0 Å². The lowest BCUT2D eigenvalue weighted by Crippen LogP contribution is -2.06. The Morgan fingerprint density at radius 1 is 1.13 bits per heavy atom. The minimum Gasteiger partial charge on any atom is -0.497 e. The summed E-state index contributed by atoms with van der Waals surface area (Å²) in [6.07, 6.45) is 0.986. The van der Waals surface area contributed by atoms with Crippen LogP contribution in [-0.2, 0) is 9.84 Å². The van der Waals surface area contributed by atoms with E-state index in [1.807, 2.05) is 0 Å². The monoisotopic (exact) mass is 447 g/mol. The Hall–Kier alpha value is -3.24. The molecular formula is C19H15ClFN5O3S. The van der Waals surface area contributed by atoms with E-state index in [1.165, 1.54) is 16.8 Å². The van der Waals surface area contributed by atoms with E-state index in [1.54, 1.807) is 31.4 Å².